The SMILES string of the molecule is CC(=O)NC1(C(=O)O)S[C@@H]2CC(=O)N2C=C1C(C)O. The number of fused-ring (bicyclic) bond motifs is 1. The number of nitrogens with one attached hydrogen (secondary N) is 1. The molecule has 0 bridgehead atoms. The number of aliphatic hydroxyl groups excluding tert-OH is 1. The zero-order chi connectivity index (χ0) is 14.4. The minimum atomic E-state index is -1.72. The molecule has 0 aromatic carbocycles. The maximum atomic E-state index is 11.6. The van der Waals surface area contributed by atoms with E-state index in [0.29, 0.717) is 0 Å². The predicted octanol–water partition coefficient (Wildman–Crippen LogP) is -0.527. The Labute approximate surface area is 113 Å². The number of nitrogens with zero attached hydrogens (tertiary/aromatic N) is 1. The van der Waals surface area contributed by atoms with Crippen molar-refractivity contribution in [2.45, 2.75) is 36.6 Å². The van der Waals surface area contributed by atoms with Crippen molar-refractivity contribution in [3.8, 4) is 0 Å². The molecule has 0 radical (unpaired) electrons. The molecule has 19 heavy (non-hydrogen) atoms. The molecule has 0 spiro atoms. The quantitative estimate of drug-likeness (QED) is 0.602. The van der Waals surface area contributed by atoms with Crippen LogP contribution in [-0.2, 0) is 14.4 Å². The smallest absolute Gasteiger partial charge is 0.344 e. The first-order valence-corrected chi connectivity index (χ1v) is 6.57. The van der Waals surface area contributed by atoms with Crippen molar-refractivity contribution in [1.82, 2.24) is 10.2 Å². The van der Waals surface area contributed by atoms with Gasteiger partial charge in [-0.2, -0.15) is 0 Å². The summed E-state index contributed by atoms with van der Waals surface area (Å²) in [6.07, 6.45) is 0.467. The van der Waals surface area contributed by atoms with Crippen LogP contribution in [0, 0.1) is 0 Å². The molecule has 2 rings (SSSR count). The van der Waals surface area contributed by atoms with Gasteiger partial charge in [-0.1, -0.05) is 11.8 Å². The van der Waals surface area contributed by atoms with Crippen molar-refractivity contribution in [3.63, 3.8) is 0 Å². The normalized spacial score (nSPS) is 30.9. The van der Waals surface area contributed by atoms with Gasteiger partial charge in [0.15, 0.2) is 0 Å². The van der Waals surface area contributed by atoms with Crippen LogP contribution in [0.5, 0.6) is 0 Å². The van der Waals surface area contributed by atoms with E-state index in [4.69, 9.17) is 0 Å². The van der Waals surface area contributed by atoms with Gasteiger partial charge < -0.3 is 20.4 Å². The number of β-lactam (4-membered cyclic amide) rings is 1. The number of amides is 2. The molecule has 0 aliphatic carbocycles. The highest BCUT2D eigenvalue weighted by Gasteiger charge is 2.55. The molecule has 2 heterocycles. The fraction of sp³-hybridized carbons (Fsp3) is 0.545. The van der Waals surface area contributed by atoms with Crippen LogP contribution < -0.4 is 5.32 Å². The van der Waals surface area contributed by atoms with Crippen molar-refractivity contribution >= 4 is 29.5 Å². The Morgan fingerprint density at radius 1 is 1.63 bits per heavy atom. The molecule has 3 atom stereocenters. The summed E-state index contributed by atoms with van der Waals surface area (Å²) in [5, 5.41) is 21.3. The van der Waals surface area contributed by atoms with Gasteiger partial charge in [-0.15, -0.1) is 0 Å². The summed E-state index contributed by atoms with van der Waals surface area (Å²) in [4.78, 5) is 33.9. The number of aliphatic carboxylic acids is 1. The molecule has 2 unspecified atom stereocenters. The molecule has 0 aromatic heterocycles. The van der Waals surface area contributed by atoms with Crippen LogP contribution >= 0.6 is 11.8 Å². The monoisotopic (exact) mass is 286 g/mol. The largest absolute Gasteiger partial charge is 0.479 e. The molecule has 8 heteroatoms. The third kappa shape index (κ3) is 2.10. The first-order chi connectivity index (χ1) is 8.78. The van der Waals surface area contributed by atoms with Crippen molar-refractivity contribution in [2.75, 3.05) is 0 Å². The molecular weight excluding hydrogens is 272 g/mol. The van der Waals surface area contributed by atoms with Crippen LogP contribution in [-0.4, -0.2) is 49.2 Å². The zero-order valence-electron chi connectivity index (χ0n) is 10.4. The van der Waals surface area contributed by atoms with E-state index in [1.165, 1.54) is 24.9 Å². The van der Waals surface area contributed by atoms with E-state index in [0.717, 1.165) is 11.8 Å². The van der Waals surface area contributed by atoms with E-state index in [-0.39, 0.29) is 23.3 Å². The van der Waals surface area contributed by atoms with Gasteiger partial charge in [-0.25, -0.2) is 4.79 Å². The molecule has 7 nitrogen and oxygen atoms in total. The van der Waals surface area contributed by atoms with E-state index < -0.39 is 22.9 Å². The fourth-order valence-electron chi connectivity index (χ4n) is 2.15. The van der Waals surface area contributed by atoms with Crippen LogP contribution in [0.2, 0.25) is 0 Å². The Kier molecular flexibility index (Phi) is 3.31. The van der Waals surface area contributed by atoms with Crippen molar-refractivity contribution in [2.24, 2.45) is 0 Å². The van der Waals surface area contributed by atoms with Gasteiger partial charge in [0.05, 0.1) is 17.9 Å². The summed E-state index contributed by atoms with van der Waals surface area (Å²) in [6.45, 7) is 2.61. The van der Waals surface area contributed by atoms with Crippen molar-refractivity contribution < 1.29 is 24.6 Å². The zero-order valence-corrected chi connectivity index (χ0v) is 11.2. The maximum Gasteiger partial charge on any atom is 0.344 e. The second-order valence-electron chi connectivity index (χ2n) is 4.51. The van der Waals surface area contributed by atoms with Crippen molar-refractivity contribution in [3.05, 3.63) is 11.8 Å². The lowest BCUT2D eigenvalue weighted by atomic mass is 10.00. The van der Waals surface area contributed by atoms with Crippen LogP contribution in [0.15, 0.2) is 11.8 Å². The van der Waals surface area contributed by atoms with Gasteiger partial charge in [0.1, 0.15) is 0 Å². The highest BCUT2D eigenvalue weighted by molar-refractivity contribution is 8.02. The Hall–Kier alpha value is -1.54. The van der Waals surface area contributed by atoms with E-state index in [1.807, 2.05) is 0 Å². The van der Waals surface area contributed by atoms with E-state index >= 15 is 0 Å². The highest BCUT2D eigenvalue weighted by Crippen LogP contribution is 2.46. The lowest BCUT2D eigenvalue weighted by Gasteiger charge is -2.48. The summed E-state index contributed by atoms with van der Waals surface area (Å²) in [5.74, 6) is -1.91. The predicted molar refractivity (Wildman–Crippen MR) is 66.8 cm³/mol. The molecule has 0 aromatic rings. The molecule has 2 amide bonds. The van der Waals surface area contributed by atoms with Gasteiger partial charge in [0.25, 0.3) is 0 Å². The summed E-state index contributed by atoms with van der Waals surface area (Å²) in [5.41, 5.74) is 0.0875. The Balaban J connectivity index is 2.48. The van der Waals surface area contributed by atoms with E-state index in [9.17, 15) is 24.6 Å². The number of hydrogen-bond donors (Lipinski definition) is 3. The van der Waals surface area contributed by atoms with Gasteiger partial charge in [0, 0.05) is 18.7 Å². The Morgan fingerprint density at radius 2 is 2.26 bits per heavy atom. The third-order valence-corrected chi connectivity index (χ3v) is 4.58. The van der Waals surface area contributed by atoms with Crippen LogP contribution in [0.1, 0.15) is 20.3 Å². The summed E-state index contributed by atoms with van der Waals surface area (Å²) >= 11 is 0.951. The molecule has 2 aliphatic heterocycles. The van der Waals surface area contributed by atoms with Crippen LogP contribution in [0.3, 0.4) is 0 Å². The topological polar surface area (TPSA) is 107 Å². The Bertz CT molecular complexity index is 489. The van der Waals surface area contributed by atoms with E-state index in [2.05, 4.69) is 5.32 Å². The number of thioether (sulfide) groups is 1. The number of carboxylic acids is 1. The molecule has 104 valence electrons. The number of carbonyl (C=O) groups is 3. The van der Waals surface area contributed by atoms with E-state index in [1.54, 1.807) is 0 Å². The van der Waals surface area contributed by atoms with Gasteiger partial charge in [-0.3, -0.25) is 9.59 Å². The molecule has 1 saturated heterocycles. The first-order valence-electron chi connectivity index (χ1n) is 5.69. The molecular formula is C11H14N2O5S. The molecule has 3 N–H and O–H groups in total. The standard InChI is InChI=1S/C11H14N2O5S/c1-5(14)7-4-13-8(16)3-9(13)19-11(7,10(17)18)12-6(2)15/h4-5,9,14H,3H2,1-2H3,(H,12,15)(H,17,18)/t5?,9-,11?/m1/s1. The minimum Gasteiger partial charge on any atom is -0.479 e. The average Bonchev–Trinajstić information content (AvgIpc) is 2.26. The average molecular weight is 286 g/mol. The van der Waals surface area contributed by atoms with Crippen molar-refractivity contribution in [1.29, 1.82) is 0 Å². The summed E-state index contributed by atoms with van der Waals surface area (Å²) in [6, 6.07) is 0. The number of carboxylic acid groups (broad SMARTS) is 1. The number of rotatable bonds is 3. The number of aliphatic hydroxyl groups is 1. The molecule has 1 fully saturated rings. The van der Waals surface area contributed by atoms with Gasteiger partial charge in [0.2, 0.25) is 16.7 Å². The first kappa shape index (κ1) is 13.9. The molecule has 2 aliphatic rings. The number of carbonyl (C=O) groups excluding carboxylic acids is 2. The second kappa shape index (κ2) is 4.53. The number of hydrogen-bond acceptors (Lipinski definition) is 5. The summed E-state index contributed by atoms with van der Waals surface area (Å²) < 4.78 is 0. The van der Waals surface area contributed by atoms with Gasteiger partial charge in [-0.05, 0) is 6.92 Å². The lowest BCUT2D eigenvalue weighted by Crippen LogP contribution is -2.63. The second-order valence-corrected chi connectivity index (χ2v) is 5.90. The maximum absolute atomic E-state index is 11.6. The minimum absolute atomic E-state index is 0.0875. The third-order valence-electron chi connectivity index (χ3n) is 3.05. The lowest BCUT2D eigenvalue weighted by molar-refractivity contribution is -0.143. The fourth-order valence-corrected chi connectivity index (χ4v) is 3.74. The van der Waals surface area contributed by atoms with Gasteiger partial charge >= 0.3 is 5.97 Å². The Morgan fingerprint density at radius 3 is 2.68 bits per heavy atom. The highest BCUT2D eigenvalue weighted by atomic mass is 32.2. The molecule has 0 saturated carbocycles. The summed E-state index contributed by atoms with van der Waals surface area (Å²) in [7, 11) is 0. The van der Waals surface area contributed by atoms with Crippen LogP contribution in [0.25, 0.3) is 0 Å². The van der Waals surface area contributed by atoms with Crippen LogP contribution in [0.4, 0.5) is 0 Å².